The lowest BCUT2D eigenvalue weighted by atomic mass is 10.1. The zero-order chi connectivity index (χ0) is 20.3. The molecule has 6 nitrogen and oxygen atoms in total. The van der Waals surface area contributed by atoms with Gasteiger partial charge in [0.05, 0.1) is 10.6 Å². The van der Waals surface area contributed by atoms with Crippen LogP contribution in [0.3, 0.4) is 0 Å². The van der Waals surface area contributed by atoms with Gasteiger partial charge in [0.25, 0.3) is 0 Å². The van der Waals surface area contributed by atoms with Crippen LogP contribution in [0.5, 0.6) is 0 Å². The highest BCUT2D eigenvalue weighted by atomic mass is 32.2. The zero-order valence-electron chi connectivity index (χ0n) is 15.8. The van der Waals surface area contributed by atoms with Crippen LogP contribution in [0.4, 0.5) is 5.69 Å². The summed E-state index contributed by atoms with van der Waals surface area (Å²) in [6, 6.07) is 12.4. The topological polar surface area (TPSA) is 81.1 Å². The Balaban J connectivity index is 1.68. The van der Waals surface area contributed by atoms with Crippen LogP contribution in [0, 0.1) is 13.8 Å². The Hall–Kier alpha value is -2.58. The number of sulfone groups is 1. The minimum absolute atomic E-state index is 0.158. The number of benzene rings is 2. The predicted octanol–water partition coefficient (Wildman–Crippen LogP) is 3.62. The molecule has 1 N–H and O–H groups in total. The predicted molar refractivity (Wildman–Crippen MR) is 112 cm³/mol. The van der Waals surface area contributed by atoms with Crippen molar-refractivity contribution in [3.63, 3.8) is 0 Å². The van der Waals surface area contributed by atoms with Crippen molar-refractivity contribution in [2.24, 2.45) is 0 Å². The highest BCUT2D eigenvalue weighted by molar-refractivity contribution is 7.99. The van der Waals surface area contributed by atoms with E-state index in [2.05, 4.69) is 36.3 Å². The molecule has 0 saturated heterocycles. The van der Waals surface area contributed by atoms with Crippen molar-refractivity contribution in [3.8, 4) is 5.69 Å². The first-order valence-corrected chi connectivity index (χ1v) is 11.5. The molecule has 0 atom stereocenters. The molecule has 0 aliphatic rings. The number of nitrogens with one attached hydrogen (secondary N) is 1. The molecular formula is C20H21N3O3S2. The van der Waals surface area contributed by atoms with Gasteiger partial charge < -0.3 is 5.32 Å². The quantitative estimate of drug-likeness (QED) is 0.622. The Bertz CT molecular complexity index is 1120. The molecule has 3 rings (SSSR count). The van der Waals surface area contributed by atoms with Gasteiger partial charge in [-0.05, 0) is 55.3 Å². The number of nitrogens with zero attached hydrogens (tertiary/aromatic N) is 2. The van der Waals surface area contributed by atoms with Gasteiger partial charge in [0, 0.05) is 30.0 Å². The minimum atomic E-state index is -3.32. The van der Waals surface area contributed by atoms with Crippen LogP contribution in [-0.4, -0.2) is 35.9 Å². The number of amides is 1. The Morgan fingerprint density at radius 3 is 2.64 bits per heavy atom. The maximum Gasteiger partial charge on any atom is 0.234 e. The van der Waals surface area contributed by atoms with Gasteiger partial charge in [-0.25, -0.2) is 13.4 Å². The lowest BCUT2D eigenvalue weighted by molar-refractivity contribution is -0.113. The first kappa shape index (κ1) is 20.2. The highest BCUT2D eigenvalue weighted by Gasteiger charge is 2.12. The smallest absolute Gasteiger partial charge is 0.234 e. The summed E-state index contributed by atoms with van der Waals surface area (Å²) >= 11 is 1.32. The fraction of sp³-hybridized carbons (Fsp3) is 0.200. The van der Waals surface area contributed by atoms with Crippen molar-refractivity contribution in [2.45, 2.75) is 23.9 Å². The van der Waals surface area contributed by atoms with E-state index in [0.717, 1.165) is 11.9 Å². The van der Waals surface area contributed by atoms with Crippen molar-refractivity contribution in [1.82, 2.24) is 9.55 Å². The number of hydrogen-bond donors (Lipinski definition) is 1. The third kappa shape index (κ3) is 4.82. The van der Waals surface area contributed by atoms with E-state index in [9.17, 15) is 13.2 Å². The fourth-order valence-corrected chi connectivity index (χ4v) is 4.04. The molecule has 1 aromatic heterocycles. The number of aryl methyl sites for hydroxylation is 2. The third-order valence-electron chi connectivity index (χ3n) is 4.25. The molecule has 0 radical (unpaired) electrons. The number of thioether (sulfide) groups is 1. The fourth-order valence-electron chi connectivity index (χ4n) is 2.60. The molecule has 0 spiro atoms. The number of anilines is 1. The number of carbonyl (C=O) groups is 1. The molecule has 2 aromatic carbocycles. The molecule has 3 aromatic rings. The van der Waals surface area contributed by atoms with Crippen molar-refractivity contribution >= 4 is 33.2 Å². The summed E-state index contributed by atoms with van der Waals surface area (Å²) in [6.07, 6.45) is 4.70. The van der Waals surface area contributed by atoms with Gasteiger partial charge in [0.15, 0.2) is 15.0 Å². The summed E-state index contributed by atoms with van der Waals surface area (Å²) in [7, 11) is -3.32. The van der Waals surface area contributed by atoms with E-state index < -0.39 is 9.84 Å². The summed E-state index contributed by atoms with van der Waals surface area (Å²) < 4.78 is 25.2. The summed E-state index contributed by atoms with van der Waals surface area (Å²) in [5, 5.41) is 3.44. The van der Waals surface area contributed by atoms with Gasteiger partial charge in [0.2, 0.25) is 5.91 Å². The monoisotopic (exact) mass is 415 g/mol. The number of carbonyl (C=O) groups excluding carboxylic acids is 1. The second-order valence-electron chi connectivity index (χ2n) is 6.49. The van der Waals surface area contributed by atoms with Crippen LogP contribution < -0.4 is 5.32 Å². The Morgan fingerprint density at radius 2 is 1.93 bits per heavy atom. The molecule has 0 bridgehead atoms. The average Bonchev–Trinajstić information content (AvgIpc) is 3.10. The summed E-state index contributed by atoms with van der Waals surface area (Å²) in [5.74, 6) is -0.0735. The molecule has 0 saturated carbocycles. The van der Waals surface area contributed by atoms with Crippen molar-refractivity contribution in [3.05, 3.63) is 66.0 Å². The van der Waals surface area contributed by atoms with Crippen molar-refractivity contribution in [2.75, 3.05) is 17.3 Å². The Labute approximate surface area is 168 Å². The maximum absolute atomic E-state index is 12.3. The van der Waals surface area contributed by atoms with E-state index in [4.69, 9.17) is 0 Å². The first-order chi connectivity index (χ1) is 13.2. The minimum Gasteiger partial charge on any atom is -0.325 e. The summed E-state index contributed by atoms with van der Waals surface area (Å²) in [5.41, 5.74) is 3.84. The Kier molecular flexibility index (Phi) is 5.90. The highest BCUT2D eigenvalue weighted by Crippen LogP contribution is 2.23. The number of hydrogen-bond acceptors (Lipinski definition) is 5. The van der Waals surface area contributed by atoms with E-state index >= 15 is 0 Å². The second kappa shape index (κ2) is 8.20. The lowest BCUT2D eigenvalue weighted by Gasteiger charge is -2.10. The van der Waals surface area contributed by atoms with Crippen LogP contribution in [0.25, 0.3) is 5.69 Å². The SMILES string of the molecule is Cc1ccc(-n2ccnc2SCC(=O)Nc2cccc(S(C)(=O)=O)c2)cc1C. The van der Waals surface area contributed by atoms with Gasteiger partial charge in [-0.3, -0.25) is 9.36 Å². The van der Waals surface area contributed by atoms with Gasteiger partial charge in [-0.2, -0.15) is 0 Å². The van der Waals surface area contributed by atoms with Gasteiger partial charge in [0.1, 0.15) is 0 Å². The molecule has 1 heterocycles. The van der Waals surface area contributed by atoms with Crippen LogP contribution in [0.15, 0.2) is 64.9 Å². The van der Waals surface area contributed by atoms with Gasteiger partial charge >= 0.3 is 0 Å². The molecule has 0 unspecified atom stereocenters. The van der Waals surface area contributed by atoms with Crippen LogP contribution in [-0.2, 0) is 14.6 Å². The molecule has 0 fully saturated rings. The summed E-state index contributed by atoms with van der Waals surface area (Å²) in [6.45, 7) is 4.12. The molecule has 1 amide bonds. The van der Waals surface area contributed by atoms with Crippen molar-refractivity contribution < 1.29 is 13.2 Å². The number of rotatable bonds is 6. The summed E-state index contributed by atoms with van der Waals surface area (Å²) in [4.78, 5) is 16.8. The van der Waals surface area contributed by atoms with Gasteiger partial charge in [-0.1, -0.05) is 23.9 Å². The standard InChI is InChI=1S/C20H21N3O3S2/c1-14-7-8-17(11-15(14)2)23-10-9-21-20(23)27-13-19(24)22-16-5-4-6-18(12-16)28(3,25)26/h4-12H,13H2,1-3H3,(H,22,24). The van der Waals surface area contributed by atoms with Crippen LogP contribution in [0.2, 0.25) is 0 Å². The zero-order valence-corrected chi connectivity index (χ0v) is 17.5. The molecule has 8 heteroatoms. The van der Waals surface area contributed by atoms with Crippen LogP contribution in [0.1, 0.15) is 11.1 Å². The molecular weight excluding hydrogens is 394 g/mol. The number of aromatic nitrogens is 2. The van der Waals surface area contributed by atoms with E-state index in [1.54, 1.807) is 18.3 Å². The van der Waals surface area contributed by atoms with Crippen LogP contribution >= 0.6 is 11.8 Å². The molecule has 0 aliphatic heterocycles. The first-order valence-electron chi connectivity index (χ1n) is 8.58. The number of imidazole rings is 1. The largest absolute Gasteiger partial charge is 0.325 e. The molecule has 146 valence electrons. The normalized spacial score (nSPS) is 11.4. The third-order valence-corrected chi connectivity index (χ3v) is 6.33. The molecule has 28 heavy (non-hydrogen) atoms. The van der Waals surface area contributed by atoms with Gasteiger partial charge in [-0.15, -0.1) is 0 Å². The van der Waals surface area contributed by atoms with E-state index in [0.29, 0.717) is 10.8 Å². The van der Waals surface area contributed by atoms with E-state index in [-0.39, 0.29) is 16.6 Å². The Morgan fingerprint density at radius 1 is 1.14 bits per heavy atom. The average molecular weight is 416 g/mol. The second-order valence-corrected chi connectivity index (χ2v) is 9.44. The van der Waals surface area contributed by atoms with E-state index in [1.165, 1.54) is 35.0 Å². The maximum atomic E-state index is 12.3. The van der Waals surface area contributed by atoms with Crippen molar-refractivity contribution in [1.29, 1.82) is 0 Å². The molecule has 0 aliphatic carbocycles. The lowest BCUT2D eigenvalue weighted by Crippen LogP contribution is -2.15. The van der Waals surface area contributed by atoms with E-state index in [1.807, 2.05) is 16.8 Å².